The second kappa shape index (κ2) is 6.50. The van der Waals surface area contributed by atoms with Gasteiger partial charge in [0.1, 0.15) is 11.9 Å². The highest BCUT2D eigenvalue weighted by atomic mass is 16.5. The van der Waals surface area contributed by atoms with Gasteiger partial charge in [-0.05, 0) is 13.8 Å². The molecule has 2 amide bonds. The molecule has 1 unspecified atom stereocenters. The Bertz CT molecular complexity index is 601. The number of nitrogens with zero attached hydrogens (tertiary/aromatic N) is 1. The van der Waals surface area contributed by atoms with Crippen LogP contribution in [0, 0.1) is 5.92 Å². The van der Waals surface area contributed by atoms with Crippen LogP contribution in [-0.4, -0.2) is 68.4 Å². The fourth-order valence-corrected chi connectivity index (χ4v) is 3.35. The van der Waals surface area contributed by atoms with E-state index in [4.69, 9.17) is 10.5 Å². The van der Waals surface area contributed by atoms with E-state index in [0.717, 1.165) is 11.8 Å². The largest absolute Gasteiger partial charge is 0.512 e. The van der Waals surface area contributed by atoms with Crippen molar-refractivity contribution in [3.05, 3.63) is 11.3 Å². The number of nitrogens with two attached hydrogens (primary N) is 1. The zero-order valence-electron chi connectivity index (χ0n) is 13.7. The fourth-order valence-electron chi connectivity index (χ4n) is 3.35. The number of aliphatic hydroxyl groups is 3. The first-order valence-electron chi connectivity index (χ1n) is 7.66. The van der Waals surface area contributed by atoms with Crippen molar-refractivity contribution in [3.8, 4) is 0 Å². The van der Waals surface area contributed by atoms with Gasteiger partial charge >= 0.3 is 5.97 Å². The number of hydrogen-bond donors (Lipinski definition) is 4. The lowest BCUT2D eigenvalue weighted by atomic mass is 9.74. The number of cyclic esters (lactones) is 1. The molecule has 0 radical (unpaired) electrons. The molecule has 0 spiro atoms. The molecule has 2 aliphatic rings. The van der Waals surface area contributed by atoms with Crippen molar-refractivity contribution >= 4 is 17.8 Å². The monoisotopic (exact) mass is 342 g/mol. The molecule has 9 nitrogen and oxygen atoms in total. The van der Waals surface area contributed by atoms with Crippen LogP contribution in [0.15, 0.2) is 11.3 Å². The summed E-state index contributed by atoms with van der Waals surface area (Å²) in [4.78, 5) is 37.4. The smallest absolute Gasteiger partial charge is 0.338 e. The number of carbonyl (C=O) groups excluding carboxylic acids is 3. The highest BCUT2D eigenvalue weighted by Crippen LogP contribution is 2.40. The summed E-state index contributed by atoms with van der Waals surface area (Å²) >= 11 is 0. The molecule has 1 saturated heterocycles. The van der Waals surface area contributed by atoms with Crippen molar-refractivity contribution < 1.29 is 34.4 Å². The van der Waals surface area contributed by atoms with Gasteiger partial charge in [0.15, 0.2) is 0 Å². The predicted molar refractivity (Wildman–Crippen MR) is 80.3 cm³/mol. The number of aliphatic hydroxyl groups excluding tert-OH is 3. The van der Waals surface area contributed by atoms with Gasteiger partial charge in [0, 0.05) is 19.3 Å². The Labute approximate surface area is 138 Å². The molecule has 0 aromatic heterocycles. The van der Waals surface area contributed by atoms with Crippen LogP contribution in [0.5, 0.6) is 0 Å². The summed E-state index contributed by atoms with van der Waals surface area (Å²) in [6.07, 6.45) is -4.03. The molecular formula is C15H22N2O7. The summed E-state index contributed by atoms with van der Waals surface area (Å²) in [6, 6.07) is -2.08. The molecule has 1 heterocycles. The van der Waals surface area contributed by atoms with Gasteiger partial charge < -0.3 is 25.8 Å². The highest BCUT2D eigenvalue weighted by molar-refractivity contribution is 5.98. The standard InChI is InChI=1S/C15H22N2O7/c1-5(16)14(22)17(7(3)18)12-6(2)24-15(23)10-8(19)4-9(20)13(21)11(10)12/h5-6,9,11-13,19-21H,4,16H2,1-3H3/t5?,6-,9-,11-,12+,13+/m1/s1. The van der Waals surface area contributed by atoms with Crippen LogP contribution in [-0.2, 0) is 19.1 Å². The first-order chi connectivity index (χ1) is 11.1. The lowest BCUT2D eigenvalue weighted by Crippen LogP contribution is -2.64. The van der Waals surface area contributed by atoms with Gasteiger partial charge in [-0.25, -0.2) is 4.79 Å². The van der Waals surface area contributed by atoms with E-state index >= 15 is 0 Å². The maximum Gasteiger partial charge on any atom is 0.338 e. The number of hydrogen-bond acceptors (Lipinski definition) is 8. The summed E-state index contributed by atoms with van der Waals surface area (Å²) < 4.78 is 5.15. The molecule has 9 heteroatoms. The van der Waals surface area contributed by atoms with E-state index in [1.807, 2.05) is 0 Å². The lowest BCUT2D eigenvalue weighted by molar-refractivity contribution is -0.173. The lowest BCUT2D eigenvalue weighted by Gasteiger charge is -2.47. The minimum atomic E-state index is -1.45. The molecule has 0 saturated carbocycles. The molecule has 6 atom stereocenters. The number of amides is 2. The average molecular weight is 342 g/mol. The van der Waals surface area contributed by atoms with Crippen molar-refractivity contribution in [1.82, 2.24) is 4.90 Å². The summed E-state index contributed by atoms with van der Waals surface area (Å²) in [6.45, 7) is 4.02. The van der Waals surface area contributed by atoms with E-state index in [2.05, 4.69) is 0 Å². The molecule has 0 bridgehead atoms. The quantitative estimate of drug-likeness (QED) is 0.446. The van der Waals surface area contributed by atoms with Gasteiger partial charge in [-0.2, -0.15) is 0 Å². The van der Waals surface area contributed by atoms with E-state index in [-0.39, 0.29) is 12.0 Å². The Morgan fingerprint density at radius 2 is 1.96 bits per heavy atom. The van der Waals surface area contributed by atoms with Gasteiger partial charge in [-0.3, -0.25) is 14.5 Å². The molecule has 0 aromatic rings. The maximum absolute atomic E-state index is 12.4. The summed E-state index contributed by atoms with van der Waals surface area (Å²) in [5, 5.41) is 30.3. The molecular weight excluding hydrogens is 320 g/mol. The van der Waals surface area contributed by atoms with Crippen LogP contribution in [0.4, 0.5) is 0 Å². The molecule has 24 heavy (non-hydrogen) atoms. The first-order valence-corrected chi connectivity index (χ1v) is 7.66. The Hall–Kier alpha value is -1.97. The van der Waals surface area contributed by atoms with Crippen LogP contribution in [0.2, 0.25) is 0 Å². The van der Waals surface area contributed by atoms with E-state index in [9.17, 15) is 29.7 Å². The second-order valence-electron chi connectivity index (χ2n) is 6.27. The number of fused-ring (bicyclic) bond motifs is 1. The number of carbonyl (C=O) groups is 3. The van der Waals surface area contributed by atoms with E-state index in [0.29, 0.717) is 0 Å². The van der Waals surface area contributed by atoms with Crippen molar-refractivity contribution in [3.63, 3.8) is 0 Å². The van der Waals surface area contributed by atoms with Crippen molar-refractivity contribution in [2.45, 2.75) is 57.6 Å². The van der Waals surface area contributed by atoms with E-state index < -0.39 is 59.9 Å². The van der Waals surface area contributed by atoms with Gasteiger partial charge in [0.05, 0.1) is 29.9 Å². The summed E-state index contributed by atoms with van der Waals surface area (Å²) in [7, 11) is 0. The average Bonchev–Trinajstić information content (AvgIpc) is 2.46. The Balaban J connectivity index is 2.57. The molecule has 1 aliphatic carbocycles. The van der Waals surface area contributed by atoms with Crippen molar-refractivity contribution in [1.29, 1.82) is 0 Å². The number of esters is 1. The summed E-state index contributed by atoms with van der Waals surface area (Å²) in [5.41, 5.74) is 5.36. The number of imide groups is 1. The Morgan fingerprint density at radius 3 is 2.46 bits per heavy atom. The van der Waals surface area contributed by atoms with Crippen LogP contribution in [0.1, 0.15) is 27.2 Å². The third-order valence-corrected chi connectivity index (χ3v) is 4.43. The molecule has 1 fully saturated rings. The highest BCUT2D eigenvalue weighted by Gasteiger charge is 2.54. The van der Waals surface area contributed by atoms with Crippen LogP contribution in [0.3, 0.4) is 0 Å². The van der Waals surface area contributed by atoms with Crippen LogP contribution < -0.4 is 5.73 Å². The third kappa shape index (κ3) is 2.90. The molecule has 5 N–H and O–H groups in total. The molecule has 1 aliphatic heterocycles. The van der Waals surface area contributed by atoms with Gasteiger partial charge in [0.25, 0.3) is 0 Å². The van der Waals surface area contributed by atoms with Crippen molar-refractivity contribution in [2.24, 2.45) is 11.7 Å². The van der Waals surface area contributed by atoms with Gasteiger partial charge in [0.2, 0.25) is 11.8 Å². The normalized spacial score (nSPS) is 34.2. The SMILES string of the molecule is CC(=O)N(C(=O)C(C)N)[C@@H]1[C@H]2C(=C(O)C[C@@H](O)[C@@H]2O)C(=O)O[C@@H]1C. The fraction of sp³-hybridized carbons (Fsp3) is 0.667. The minimum Gasteiger partial charge on any atom is -0.512 e. The van der Waals surface area contributed by atoms with Crippen LogP contribution >= 0.6 is 0 Å². The molecule has 134 valence electrons. The first kappa shape index (κ1) is 18.4. The van der Waals surface area contributed by atoms with Crippen LogP contribution in [0.25, 0.3) is 0 Å². The van der Waals surface area contributed by atoms with Crippen molar-refractivity contribution in [2.75, 3.05) is 0 Å². The number of rotatable bonds is 2. The molecule has 0 aromatic carbocycles. The second-order valence-corrected chi connectivity index (χ2v) is 6.27. The number of ether oxygens (including phenoxy) is 1. The summed E-state index contributed by atoms with van der Waals surface area (Å²) in [5.74, 6) is -3.77. The van der Waals surface area contributed by atoms with Gasteiger partial charge in [-0.15, -0.1) is 0 Å². The maximum atomic E-state index is 12.4. The zero-order valence-corrected chi connectivity index (χ0v) is 13.7. The Kier molecular flexibility index (Phi) is 4.97. The topological polar surface area (TPSA) is 150 Å². The van der Waals surface area contributed by atoms with E-state index in [1.165, 1.54) is 13.8 Å². The third-order valence-electron chi connectivity index (χ3n) is 4.43. The predicted octanol–water partition coefficient (Wildman–Crippen LogP) is -1.42. The minimum absolute atomic E-state index is 0.223. The molecule has 2 rings (SSSR count). The zero-order chi connectivity index (χ0) is 18.3. The Morgan fingerprint density at radius 1 is 1.38 bits per heavy atom. The van der Waals surface area contributed by atoms with Gasteiger partial charge in [-0.1, -0.05) is 0 Å². The van der Waals surface area contributed by atoms with E-state index in [1.54, 1.807) is 0 Å².